The lowest BCUT2D eigenvalue weighted by Crippen LogP contribution is -2.33. The predicted molar refractivity (Wildman–Crippen MR) is 108 cm³/mol. The Balaban J connectivity index is 1.55. The Kier molecular flexibility index (Phi) is 7.15. The first-order valence-corrected chi connectivity index (χ1v) is 10.7. The SMILES string of the molecule is CCCCOc1ccc(-c2nnc(SCC(=O)NC3CCCC3)n2C)cc1. The summed E-state index contributed by atoms with van der Waals surface area (Å²) in [5, 5.41) is 12.4. The maximum Gasteiger partial charge on any atom is 0.230 e. The first-order chi connectivity index (χ1) is 13.2. The highest BCUT2D eigenvalue weighted by Crippen LogP contribution is 2.25. The topological polar surface area (TPSA) is 69.0 Å². The third-order valence-electron chi connectivity index (χ3n) is 4.77. The van der Waals surface area contributed by atoms with Crippen molar-refractivity contribution < 1.29 is 9.53 Å². The van der Waals surface area contributed by atoms with Crippen LogP contribution in [0.4, 0.5) is 0 Å². The van der Waals surface area contributed by atoms with Crippen molar-refractivity contribution in [1.29, 1.82) is 0 Å². The third-order valence-corrected chi connectivity index (χ3v) is 5.79. The van der Waals surface area contributed by atoms with Crippen LogP contribution in [0.5, 0.6) is 5.75 Å². The molecule has 1 fully saturated rings. The van der Waals surface area contributed by atoms with Crippen molar-refractivity contribution in [3.8, 4) is 17.1 Å². The molecule has 1 aromatic heterocycles. The van der Waals surface area contributed by atoms with Gasteiger partial charge in [-0.3, -0.25) is 4.79 Å². The number of aromatic nitrogens is 3. The average Bonchev–Trinajstić information content (AvgIpc) is 3.31. The van der Waals surface area contributed by atoms with Gasteiger partial charge in [-0.05, 0) is 43.5 Å². The number of rotatable bonds is 9. The number of ether oxygens (including phenoxy) is 1. The van der Waals surface area contributed by atoms with Crippen LogP contribution in [-0.2, 0) is 11.8 Å². The number of amides is 1. The summed E-state index contributed by atoms with van der Waals surface area (Å²) < 4.78 is 7.63. The van der Waals surface area contributed by atoms with E-state index in [1.54, 1.807) is 0 Å². The molecule has 0 radical (unpaired) electrons. The zero-order chi connectivity index (χ0) is 19.1. The van der Waals surface area contributed by atoms with E-state index in [0.29, 0.717) is 11.8 Å². The van der Waals surface area contributed by atoms with E-state index in [4.69, 9.17) is 4.74 Å². The van der Waals surface area contributed by atoms with Crippen molar-refractivity contribution in [2.24, 2.45) is 7.05 Å². The summed E-state index contributed by atoms with van der Waals surface area (Å²) in [5.41, 5.74) is 0.982. The van der Waals surface area contributed by atoms with Crippen LogP contribution in [0.25, 0.3) is 11.4 Å². The molecule has 146 valence electrons. The first kappa shape index (κ1) is 19.7. The molecule has 7 heteroatoms. The predicted octanol–water partition coefficient (Wildman–Crippen LogP) is 3.81. The van der Waals surface area contributed by atoms with Gasteiger partial charge in [-0.25, -0.2) is 0 Å². The van der Waals surface area contributed by atoms with Crippen LogP contribution in [0.2, 0.25) is 0 Å². The molecule has 2 aromatic rings. The largest absolute Gasteiger partial charge is 0.494 e. The Morgan fingerprint density at radius 3 is 2.70 bits per heavy atom. The minimum Gasteiger partial charge on any atom is -0.494 e. The summed E-state index contributed by atoms with van der Waals surface area (Å²) in [4.78, 5) is 12.1. The number of carbonyl (C=O) groups is 1. The molecule has 0 bridgehead atoms. The second-order valence-electron chi connectivity index (χ2n) is 6.93. The molecule has 1 aliphatic rings. The van der Waals surface area contributed by atoms with Gasteiger partial charge in [0.2, 0.25) is 5.91 Å². The van der Waals surface area contributed by atoms with E-state index >= 15 is 0 Å². The van der Waals surface area contributed by atoms with E-state index in [-0.39, 0.29) is 5.91 Å². The summed E-state index contributed by atoms with van der Waals surface area (Å²) in [6, 6.07) is 8.26. The van der Waals surface area contributed by atoms with Gasteiger partial charge in [0.05, 0.1) is 12.4 Å². The van der Waals surface area contributed by atoms with Gasteiger partial charge in [-0.2, -0.15) is 0 Å². The maximum absolute atomic E-state index is 12.1. The number of carbonyl (C=O) groups excluding carboxylic acids is 1. The zero-order valence-electron chi connectivity index (χ0n) is 16.1. The fourth-order valence-corrected chi connectivity index (χ4v) is 3.92. The fraction of sp³-hybridized carbons (Fsp3) is 0.550. The molecule has 0 atom stereocenters. The van der Waals surface area contributed by atoms with E-state index in [9.17, 15) is 4.79 Å². The van der Waals surface area contributed by atoms with Crippen LogP contribution >= 0.6 is 11.8 Å². The molecule has 1 amide bonds. The normalized spacial score (nSPS) is 14.4. The molecule has 3 rings (SSSR count). The molecule has 0 spiro atoms. The minimum atomic E-state index is 0.0741. The number of unbranched alkanes of at least 4 members (excludes halogenated alkanes) is 1. The molecular weight excluding hydrogens is 360 g/mol. The van der Waals surface area contributed by atoms with Crippen LogP contribution in [0.3, 0.4) is 0 Å². The average molecular weight is 389 g/mol. The van der Waals surface area contributed by atoms with Crippen LogP contribution in [0, 0.1) is 0 Å². The van der Waals surface area contributed by atoms with Crippen LogP contribution in [-0.4, -0.2) is 39.1 Å². The summed E-state index contributed by atoms with van der Waals surface area (Å²) >= 11 is 1.42. The highest BCUT2D eigenvalue weighted by molar-refractivity contribution is 7.99. The Labute approximate surface area is 165 Å². The Morgan fingerprint density at radius 2 is 2.00 bits per heavy atom. The van der Waals surface area contributed by atoms with Gasteiger partial charge >= 0.3 is 0 Å². The Morgan fingerprint density at radius 1 is 1.26 bits per heavy atom. The second kappa shape index (κ2) is 9.78. The Hall–Kier alpha value is -2.02. The molecule has 1 heterocycles. The monoisotopic (exact) mass is 388 g/mol. The maximum atomic E-state index is 12.1. The van der Waals surface area contributed by atoms with Gasteiger partial charge in [0.15, 0.2) is 11.0 Å². The summed E-state index contributed by atoms with van der Waals surface area (Å²) in [5.74, 6) is 2.10. The number of nitrogens with one attached hydrogen (secondary N) is 1. The first-order valence-electron chi connectivity index (χ1n) is 9.72. The van der Waals surface area contributed by atoms with Crippen molar-refractivity contribution in [2.75, 3.05) is 12.4 Å². The fourth-order valence-electron chi connectivity index (χ4n) is 3.20. The molecular formula is C20H28N4O2S. The van der Waals surface area contributed by atoms with Gasteiger partial charge in [-0.1, -0.05) is 37.9 Å². The number of benzene rings is 1. The number of hydrogen-bond donors (Lipinski definition) is 1. The van der Waals surface area contributed by atoms with Crippen molar-refractivity contribution in [2.45, 2.75) is 56.6 Å². The lowest BCUT2D eigenvalue weighted by atomic mass is 10.2. The van der Waals surface area contributed by atoms with Crippen molar-refractivity contribution in [3.05, 3.63) is 24.3 Å². The minimum absolute atomic E-state index is 0.0741. The molecule has 27 heavy (non-hydrogen) atoms. The summed E-state index contributed by atoms with van der Waals surface area (Å²) in [6.45, 7) is 2.89. The highest BCUT2D eigenvalue weighted by Gasteiger charge is 2.18. The summed E-state index contributed by atoms with van der Waals surface area (Å²) in [6.07, 6.45) is 6.81. The molecule has 0 aliphatic heterocycles. The van der Waals surface area contributed by atoms with Crippen molar-refractivity contribution in [1.82, 2.24) is 20.1 Å². The van der Waals surface area contributed by atoms with E-state index in [0.717, 1.165) is 54.6 Å². The lowest BCUT2D eigenvalue weighted by Gasteiger charge is -2.11. The summed E-state index contributed by atoms with van der Waals surface area (Å²) in [7, 11) is 1.93. The van der Waals surface area contributed by atoms with Crippen molar-refractivity contribution >= 4 is 17.7 Å². The molecule has 0 saturated heterocycles. The van der Waals surface area contributed by atoms with Crippen LogP contribution < -0.4 is 10.1 Å². The van der Waals surface area contributed by atoms with Gasteiger partial charge in [-0.15, -0.1) is 10.2 Å². The molecule has 1 saturated carbocycles. The van der Waals surface area contributed by atoms with Gasteiger partial charge in [0.25, 0.3) is 0 Å². The molecule has 1 N–H and O–H groups in total. The van der Waals surface area contributed by atoms with Crippen LogP contribution in [0.1, 0.15) is 45.4 Å². The number of thioether (sulfide) groups is 1. The lowest BCUT2D eigenvalue weighted by molar-refractivity contribution is -0.119. The quantitative estimate of drug-likeness (QED) is 0.522. The zero-order valence-corrected chi connectivity index (χ0v) is 16.9. The Bertz CT molecular complexity index is 739. The third kappa shape index (κ3) is 5.48. The number of hydrogen-bond acceptors (Lipinski definition) is 5. The van der Waals surface area contributed by atoms with Gasteiger partial charge in [0.1, 0.15) is 5.75 Å². The van der Waals surface area contributed by atoms with Gasteiger partial charge in [0, 0.05) is 18.7 Å². The standard InChI is InChI=1S/C20H28N4O2S/c1-3-4-13-26-17-11-9-15(10-12-17)19-22-23-20(24(19)2)27-14-18(25)21-16-7-5-6-8-16/h9-12,16H,3-8,13-14H2,1-2H3,(H,21,25). The number of nitrogens with zero attached hydrogens (tertiary/aromatic N) is 3. The molecule has 1 aliphatic carbocycles. The molecule has 0 unspecified atom stereocenters. The van der Waals surface area contributed by atoms with E-state index in [2.05, 4.69) is 22.4 Å². The van der Waals surface area contributed by atoms with Gasteiger partial charge < -0.3 is 14.6 Å². The molecule has 6 nitrogen and oxygen atoms in total. The van der Waals surface area contributed by atoms with E-state index in [1.807, 2.05) is 35.9 Å². The smallest absolute Gasteiger partial charge is 0.230 e. The van der Waals surface area contributed by atoms with Crippen molar-refractivity contribution in [3.63, 3.8) is 0 Å². The van der Waals surface area contributed by atoms with E-state index < -0.39 is 0 Å². The highest BCUT2D eigenvalue weighted by atomic mass is 32.2. The van der Waals surface area contributed by atoms with Crippen LogP contribution in [0.15, 0.2) is 29.4 Å². The van der Waals surface area contributed by atoms with E-state index in [1.165, 1.54) is 24.6 Å². The molecule has 1 aromatic carbocycles. The second-order valence-corrected chi connectivity index (χ2v) is 7.87.